The van der Waals surface area contributed by atoms with E-state index in [-0.39, 0.29) is 29.9 Å². The number of nitrogens with zero attached hydrogens (tertiary/aromatic N) is 2. The Labute approximate surface area is 121 Å². The molecule has 0 saturated carbocycles. The van der Waals surface area contributed by atoms with Crippen molar-refractivity contribution < 1.29 is 14.3 Å². The van der Waals surface area contributed by atoms with Gasteiger partial charge in [0.2, 0.25) is 5.91 Å². The van der Waals surface area contributed by atoms with Gasteiger partial charge in [-0.25, -0.2) is 4.98 Å². The van der Waals surface area contributed by atoms with E-state index >= 15 is 0 Å². The Bertz CT molecular complexity index is 545. The maximum absolute atomic E-state index is 12.5. The normalized spacial score (nSPS) is 28.5. The second-order valence-electron chi connectivity index (χ2n) is 5.12. The molecule has 1 N–H and O–H groups in total. The molecule has 2 aliphatic heterocycles. The fourth-order valence-corrected chi connectivity index (χ4v) is 3.62. The number of aromatic nitrogens is 1. The van der Waals surface area contributed by atoms with Crippen LogP contribution in [0.1, 0.15) is 21.9 Å². The molecule has 0 aliphatic carbocycles. The molecule has 0 spiro atoms. The largest absolute Gasteiger partial charge is 0.375 e. The maximum Gasteiger partial charge on any atom is 0.273 e. The third-order valence-corrected chi connectivity index (χ3v) is 4.75. The summed E-state index contributed by atoms with van der Waals surface area (Å²) in [6.45, 7) is 2.88. The number of nitrogens with one attached hydrogen (secondary N) is 1. The van der Waals surface area contributed by atoms with Crippen LogP contribution in [0.2, 0.25) is 0 Å². The number of carbonyl (C=O) groups is 2. The minimum Gasteiger partial charge on any atom is -0.375 e. The van der Waals surface area contributed by atoms with Gasteiger partial charge in [-0.15, -0.1) is 11.3 Å². The van der Waals surface area contributed by atoms with Crippen LogP contribution >= 0.6 is 11.3 Å². The average molecular weight is 295 g/mol. The highest BCUT2D eigenvalue weighted by Gasteiger charge is 2.50. The summed E-state index contributed by atoms with van der Waals surface area (Å²) in [4.78, 5) is 30.5. The number of amides is 2. The zero-order valence-electron chi connectivity index (χ0n) is 11.5. The first kappa shape index (κ1) is 13.5. The van der Waals surface area contributed by atoms with Crippen LogP contribution in [-0.4, -0.2) is 54.0 Å². The molecule has 3 heterocycles. The van der Waals surface area contributed by atoms with Gasteiger partial charge in [0, 0.05) is 25.6 Å². The molecule has 1 aromatic rings. The zero-order chi connectivity index (χ0) is 14.3. The Hall–Kier alpha value is -1.47. The molecule has 2 amide bonds. The predicted octanol–water partition coefficient (Wildman–Crippen LogP) is 0.427. The highest BCUT2D eigenvalue weighted by molar-refractivity contribution is 7.09. The van der Waals surface area contributed by atoms with E-state index in [0.717, 1.165) is 11.4 Å². The van der Waals surface area contributed by atoms with Gasteiger partial charge in [0.1, 0.15) is 5.69 Å². The van der Waals surface area contributed by atoms with Gasteiger partial charge in [-0.05, 0) is 13.3 Å². The predicted molar refractivity (Wildman–Crippen MR) is 73.6 cm³/mol. The summed E-state index contributed by atoms with van der Waals surface area (Å²) in [5, 5.41) is 5.30. The van der Waals surface area contributed by atoms with Crippen LogP contribution in [0.3, 0.4) is 0 Å². The zero-order valence-corrected chi connectivity index (χ0v) is 12.3. The topological polar surface area (TPSA) is 71.5 Å². The molecule has 2 fully saturated rings. The second-order valence-corrected chi connectivity index (χ2v) is 6.18. The first-order valence-corrected chi connectivity index (χ1v) is 7.56. The molecule has 1 aromatic heterocycles. The first-order valence-electron chi connectivity index (χ1n) is 6.68. The Morgan fingerprint density at radius 2 is 2.35 bits per heavy atom. The molecule has 108 valence electrons. The van der Waals surface area contributed by atoms with Crippen molar-refractivity contribution in [3.8, 4) is 0 Å². The number of likely N-dealkylation sites (tertiary alicyclic amines) is 1. The summed E-state index contributed by atoms with van der Waals surface area (Å²) in [5.41, 5.74) is 0.468. The van der Waals surface area contributed by atoms with Gasteiger partial charge in [-0.3, -0.25) is 9.59 Å². The number of thiazole rings is 1. The lowest BCUT2D eigenvalue weighted by molar-refractivity contribution is -0.127. The van der Waals surface area contributed by atoms with E-state index in [4.69, 9.17) is 4.74 Å². The SMILES string of the molecule is CNC(=O)[C@H]1CN(C(=O)c2csc(C)n2)[C@@H]2CCO[C@H]12. The summed E-state index contributed by atoms with van der Waals surface area (Å²) in [6, 6.07) is -0.00759. The summed E-state index contributed by atoms with van der Waals surface area (Å²) in [6.07, 6.45) is 0.603. The van der Waals surface area contributed by atoms with E-state index < -0.39 is 0 Å². The molecule has 20 heavy (non-hydrogen) atoms. The van der Waals surface area contributed by atoms with Crippen LogP contribution in [0.15, 0.2) is 5.38 Å². The molecule has 0 bridgehead atoms. The number of fused-ring (bicyclic) bond motifs is 1. The summed E-state index contributed by atoms with van der Waals surface area (Å²) >= 11 is 1.46. The number of hydrogen-bond acceptors (Lipinski definition) is 5. The standard InChI is InChI=1S/C13H17N3O3S/c1-7-15-9(6-20-7)13(18)16-5-8(12(17)14-2)11-10(16)3-4-19-11/h6,8,10-11H,3-5H2,1-2H3,(H,14,17)/t8-,10+,11+/m0/s1. The van der Waals surface area contributed by atoms with Crippen LogP contribution in [-0.2, 0) is 9.53 Å². The molecular formula is C13H17N3O3S. The van der Waals surface area contributed by atoms with Crippen LogP contribution < -0.4 is 5.32 Å². The average Bonchev–Trinajstić information content (AvgIpc) is 3.12. The van der Waals surface area contributed by atoms with Gasteiger partial charge in [-0.2, -0.15) is 0 Å². The van der Waals surface area contributed by atoms with Crippen LogP contribution in [0, 0.1) is 12.8 Å². The molecule has 3 atom stereocenters. The van der Waals surface area contributed by atoms with Gasteiger partial charge >= 0.3 is 0 Å². The van der Waals surface area contributed by atoms with Crippen molar-refractivity contribution in [2.45, 2.75) is 25.5 Å². The summed E-state index contributed by atoms with van der Waals surface area (Å²) in [5.74, 6) is -0.441. The Morgan fingerprint density at radius 1 is 1.55 bits per heavy atom. The van der Waals surface area contributed by atoms with Crippen molar-refractivity contribution in [2.24, 2.45) is 5.92 Å². The number of hydrogen-bond donors (Lipinski definition) is 1. The molecule has 2 aliphatic rings. The smallest absolute Gasteiger partial charge is 0.273 e. The van der Waals surface area contributed by atoms with Crippen LogP contribution in [0.4, 0.5) is 0 Å². The molecule has 6 nitrogen and oxygen atoms in total. The number of ether oxygens (including phenoxy) is 1. The van der Waals surface area contributed by atoms with Crippen molar-refractivity contribution >= 4 is 23.2 Å². The molecule has 3 rings (SSSR count). The van der Waals surface area contributed by atoms with Crippen molar-refractivity contribution in [1.82, 2.24) is 15.2 Å². The first-order chi connectivity index (χ1) is 9.61. The highest BCUT2D eigenvalue weighted by Crippen LogP contribution is 2.34. The lowest BCUT2D eigenvalue weighted by Crippen LogP contribution is -2.37. The fraction of sp³-hybridized carbons (Fsp3) is 0.615. The van der Waals surface area contributed by atoms with Crippen LogP contribution in [0.5, 0.6) is 0 Å². The molecule has 0 radical (unpaired) electrons. The van der Waals surface area contributed by atoms with Crippen molar-refractivity contribution in [3.63, 3.8) is 0 Å². The lowest BCUT2D eigenvalue weighted by atomic mass is 10.0. The van der Waals surface area contributed by atoms with Crippen molar-refractivity contribution in [1.29, 1.82) is 0 Å². The summed E-state index contributed by atoms with van der Waals surface area (Å²) < 4.78 is 5.66. The minimum atomic E-state index is -0.281. The Balaban J connectivity index is 1.83. The van der Waals surface area contributed by atoms with Crippen molar-refractivity contribution in [3.05, 3.63) is 16.1 Å². The van der Waals surface area contributed by atoms with E-state index in [2.05, 4.69) is 10.3 Å². The van der Waals surface area contributed by atoms with Crippen LogP contribution in [0.25, 0.3) is 0 Å². The maximum atomic E-state index is 12.5. The van der Waals surface area contributed by atoms with Gasteiger partial charge in [0.05, 0.1) is 23.1 Å². The van der Waals surface area contributed by atoms with Gasteiger partial charge in [0.25, 0.3) is 5.91 Å². The molecule has 7 heteroatoms. The lowest BCUT2D eigenvalue weighted by Gasteiger charge is -2.21. The van der Waals surface area contributed by atoms with Gasteiger partial charge in [-0.1, -0.05) is 0 Å². The third kappa shape index (κ3) is 2.10. The van der Waals surface area contributed by atoms with E-state index in [1.165, 1.54) is 11.3 Å². The minimum absolute atomic E-state index is 0.00759. The van der Waals surface area contributed by atoms with E-state index in [1.807, 2.05) is 6.92 Å². The van der Waals surface area contributed by atoms with E-state index in [0.29, 0.717) is 18.8 Å². The molecule has 2 saturated heterocycles. The number of rotatable bonds is 2. The summed E-state index contributed by atoms with van der Waals surface area (Å²) in [7, 11) is 1.61. The van der Waals surface area contributed by atoms with Gasteiger partial charge in [0.15, 0.2) is 0 Å². The van der Waals surface area contributed by atoms with E-state index in [1.54, 1.807) is 17.3 Å². The molecule has 0 unspecified atom stereocenters. The quantitative estimate of drug-likeness (QED) is 0.859. The second kappa shape index (κ2) is 5.14. The fourth-order valence-electron chi connectivity index (χ4n) is 3.03. The number of carbonyl (C=O) groups excluding carboxylic acids is 2. The molecular weight excluding hydrogens is 278 g/mol. The Kier molecular flexibility index (Phi) is 3.47. The van der Waals surface area contributed by atoms with Crippen molar-refractivity contribution in [2.75, 3.05) is 20.2 Å². The Morgan fingerprint density at radius 3 is 3.00 bits per heavy atom. The molecule has 0 aromatic carbocycles. The third-order valence-electron chi connectivity index (χ3n) is 3.98. The van der Waals surface area contributed by atoms with Gasteiger partial charge < -0.3 is 15.0 Å². The number of aryl methyl sites for hydroxylation is 1. The monoisotopic (exact) mass is 295 g/mol. The van der Waals surface area contributed by atoms with E-state index in [9.17, 15) is 9.59 Å². The highest BCUT2D eigenvalue weighted by atomic mass is 32.1.